The Hall–Kier alpha value is -1.12. The number of nitrogens with two attached hydrogens (primary N) is 1. The minimum atomic E-state index is -0.368. The van der Waals surface area contributed by atoms with Crippen molar-refractivity contribution in [2.45, 2.75) is 51.6 Å². The average molecular weight is 274 g/mol. The normalized spacial score (nSPS) is 15.8. The van der Waals surface area contributed by atoms with E-state index >= 15 is 0 Å². The van der Waals surface area contributed by atoms with Gasteiger partial charge in [0.25, 0.3) is 0 Å². The van der Waals surface area contributed by atoms with E-state index in [1.165, 1.54) is 5.56 Å². The molecule has 0 aliphatic carbocycles. The minimum absolute atomic E-state index is 0.294. The zero-order chi connectivity index (χ0) is 15.0. The number of hydrogen-bond acceptors (Lipinski definition) is 2. The monoisotopic (exact) mass is 274 g/mol. The Balaban J connectivity index is 3.07. The van der Waals surface area contributed by atoms with E-state index < -0.39 is 0 Å². The third-order valence-corrected chi connectivity index (χ3v) is 4.11. The van der Waals surface area contributed by atoms with Gasteiger partial charge < -0.3 is 5.73 Å². The van der Waals surface area contributed by atoms with Crippen LogP contribution in [-0.2, 0) is 5.54 Å². The highest BCUT2D eigenvalue weighted by molar-refractivity contribution is 5.27. The average Bonchev–Trinajstić information content (AvgIpc) is 2.47. The molecule has 2 heteroatoms. The molecule has 1 aromatic carbocycles. The van der Waals surface area contributed by atoms with Crippen molar-refractivity contribution in [2.75, 3.05) is 13.1 Å². The molecule has 0 aliphatic rings. The highest BCUT2D eigenvalue weighted by atomic mass is 15.2. The third kappa shape index (κ3) is 3.94. The molecule has 0 saturated carbocycles. The summed E-state index contributed by atoms with van der Waals surface area (Å²) in [5.41, 5.74) is 7.65. The molecule has 0 bridgehead atoms. The van der Waals surface area contributed by atoms with Crippen molar-refractivity contribution in [1.29, 1.82) is 0 Å². The van der Waals surface area contributed by atoms with Gasteiger partial charge in [-0.2, -0.15) is 0 Å². The highest BCUT2D eigenvalue weighted by Crippen LogP contribution is 2.30. The largest absolute Gasteiger partial charge is 0.320 e. The van der Waals surface area contributed by atoms with E-state index in [1.807, 2.05) is 12.1 Å². The Bertz CT molecular complexity index is 382. The van der Waals surface area contributed by atoms with Gasteiger partial charge in [-0.3, -0.25) is 4.90 Å². The van der Waals surface area contributed by atoms with Crippen molar-refractivity contribution in [3.63, 3.8) is 0 Å². The maximum atomic E-state index is 6.82. The minimum Gasteiger partial charge on any atom is -0.320 e. The molecule has 1 aromatic rings. The first-order valence-electron chi connectivity index (χ1n) is 7.79. The van der Waals surface area contributed by atoms with Gasteiger partial charge >= 0.3 is 0 Å². The van der Waals surface area contributed by atoms with Crippen LogP contribution >= 0.6 is 0 Å². The van der Waals surface area contributed by atoms with E-state index in [4.69, 9.17) is 5.73 Å². The quantitative estimate of drug-likeness (QED) is 0.691. The zero-order valence-corrected chi connectivity index (χ0v) is 13.3. The lowest BCUT2D eigenvalue weighted by Gasteiger charge is -2.42. The summed E-state index contributed by atoms with van der Waals surface area (Å²) in [6.45, 7) is 12.8. The van der Waals surface area contributed by atoms with E-state index in [-0.39, 0.29) is 5.54 Å². The van der Waals surface area contributed by atoms with Crippen LogP contribution in [0.5, 0.6) is 0 Å². The Labute approximate surface area is 124 Å². The maximum Gasteiger partial charge on any atom is 0.0599 e. The number of hydrogen-bond donors (Lipinski definition) is 1. The lowest BCUT2D eigenvalue weighted by Crippen LogP contribution is -2.55. The Morgan fingerprint density at radius 2 is 1.75 bits per heavy atom. The van der Waals surface area contributed by atoms with Crippen molar-refractivity contribution in [3.8, 4) is 0 Å². The van der Waals surface area contributed by atoms with Gasteiger partial charge in [-0.05, 0) is 44.8 Å². The second-order valence-electron chi connectivity index (χ2n) is 5.61. The summed E-state index contributed by atoms with van der Waals surface area (Å²) in [6.07, 6.45) is 5.05. The topological polar surface area (TPSA) is 29.3 Å². The van der Waals surface area contributed by atoms with E-state index in [2.05, 4.69) is 56.5 Å². The lowest BCUT2D eigenvalue weighted by atomic mass is 9.80. The molecular formula is C18H30N2. The van der Waals surface area contributed by atoms with Crippen LogP contribution < -0.4 is 5.73 Å². The van der Waals surface area contributed by atoms with Crippen molar-refractivity contribution >= 4 is 0 Å². The summed E-state index contributed by atoms with van der Waals surface area (Å²) in [4.78, 5) is 2.51. The van der Waals surface area contributed by atoms with Gasteiger partial charge in [0, 0.05) is 6.04 Å². The van der Waals surface area contributed by atoms with Crippen LogP contribution in [-0.4, -0.2) is 24.0 Å². The number of rotatable bonds is 9. The third-order valence-electron chi connectivity index (χ3n) is 4.11. The van der Waals surface area contributed by atoms with E-state index in [1.54, 1.807) is 0 Å². The van der Waals surface area contributed by atoms with Gasteiger partial charge in [0.1, 0.15) is 0 Å². The van der Waals surface area contributed by atoms with Crippen LogP contribution in [0, 0.1) is 0 Å². The lowest BCUT2D eigenvalue weighted by molar-refractivity contribution is 0.131. The Morgan fingerprint density at radius 3 is 2.20 bits per heavy atom. The number of nitrogens with zero attached hydrogens (tertiary/aromatic N) is 1. The first-order valence-corrected chi connectivity index (χ1v) is 7.79. The standard InChI is InChI=1S/C18H30N2/c1-5-13-18(19,17-11-9-8-10-12-17)16(4)20(14-6-2)15-7-3/h5,8-12,16H,1,6-7,13-15,19H2,2-4H3. The molecule has 2 unspecified atom stereocenters. The van der Waals surface area contributed by atoms with Crippen molar-refractivity contribution < 1.29 is 0 Å². The molecule has 2 atom stereocenters. The molecule has 2 nitrogen and oxygen atoms in total. The van der Waals surface area contributed by atoms with Crippen LogP contribution in [0.25, 0.3) is 0 Å². The maximum absolute atomic E-state index is 6.82. The van der Waals surface area contributed by atoms with Gasteiger partial charge in [-0.15, -0.1) is 6.58 Å². The molecule has 0 heterocycles. The fourth-order valence-electron chi connectivity index (χ4n) is 2.92. The zero-order valence-electron chi connectivity index (χ0n) is 13.3. The molecule has 0 saturated heterocycles. The first kappa shape index (κ1) is 16.9. The molecule has 2 N–H and O–H groups in total. The summed E-state index contributed by atoms with van der Waals surface area (Å²) in [6, 6.07) is 10.7. The van der Waals surface area contributed by atoms with Gasteiger partial charge in [0.05, 0.1) is 5.54 Å². The molecule has 1 rings (SSSR count). The van der Waals surface area contributed by atoms with Gasteiger partial charge in [-0.1, -0.05) is 50.3 Å². The van der Waals surface area contributed by atoms with E-state index in [0.29, 0.717) is 6.04 Å². The van der Waals surface area contributed by atoms with E-state index in [0.717, 1.165) is 32.4 Å². The molecule has 20 heavy (non-hydrogen) atoms. The summed E-state index contributed by atoms with van der Waals surface area (Å²) in [5, 5.41) is 0. The van der Waals surface area contributed by atoms with Crippen molar-refractivity contribution in [3.05, 3.63) is 48.6 Å². The fraction of sp³-hybridized carbons (Fsp3) is 0.556. The highest BCUT2D eigenvalue weighted by Gasteiger charge is 2.35. The first-order chi connectivity index (χ1) is 9.60. The molecular weight excluding hydrogens is 244 g/mol. The predicted octanol–water partition coefficient (Wildman–Crippen LogP) is 3.93. The molecule has 112 valence electrons. The molecule has 0 radical (unpaired) electrons. The van der Waals surface area contributed by atoms with Crippen LogP contribution in [0.15, 0.2) is 43.0 Å². The Morgan fingerprint density at radius 1 is 1.20 bits per heavy atom. The van der Waals surface area contributed by atoms with Gasteiger partial charge in [-0.25, -0.2) is 0 Å². The molecule has 0 amide bonds. The summed E-state index contributed by atoms with van der Waals surface area (Å²) in [7, 11) is 0. The van der Waals surface area contributed by atoms with Gasteiger partial charge in [0.2, 0.25) is 0 Å². The smallest absolute Gasteiger partial charge is 0.0599 e. The second-order valence-corrected chi connectivity index (χ2v) is 5.61. The summed E-state index contributed by atoms with van der Waals surface area (Å²) >= 11 is 0. The summed E-state index contributed by atoms with van der Waals surface area (Å²) < 4.78 is 0. The van der Waals surface area contributed by atoms with Crippen LogP contribution in [0.2, 0.25) is 0 Å². The van der Waals surface area contributed by atoms with Crippen molar-refractivity contribution in [1.82, 2.24) is 4.90 Å². The van der Waals surface area contributed by atoms with Crippen LogP contribution in [0.4, 0.5) is 0 Å². The molecule has 0 aromatic heterocycles. The fourth-order valence-corrected chi connectivity index (χ4v) is 2.92. The van der Waals surface area contributed by atoms with Crippen molar-refractivity contribution in [2.24, 2.45) is 5.73 Å². The van der Waals surface area contributed by atoms with E-state index in [9.17, 15) is 0 Å². The second kappa shape index (κ2) is 8.23. The molecule has 0 spiro atoms. The van der Waals surface area contributed by atoms with Gasteiger partial charge in [0.15, 0.2) is 0 Å². The number of benzene rings is 1. The Kier molecular flexibility index (Phi) is 6.97. The van der Waals surface area contributed by atoms with Crippen LogP contribution in [0.1, 0.15) is 45.6 Å². The SMILES string of the molecule is C=CCC(N)(c1ccccc1)C(C)N(CCC)CCC. The summed E-state index contributed by atoms with van der Waals surface area (Å²) in [5.74, 6) is 0. The molecule has 0 fully saturated rings. The van der Waals surface area contributed by atoms with Crippen LogP contribution in [0.3, 0.4) is 0 Å². The molecule has 0 aliphatic heterocycles. The predicted molar refractivity (Wildman–Crippen MR) is 88.7 cm³/mol.